The van der Waals surface area contributed by atoms with Gasteiger partial charge in [-0.05, 0) is 32.9 Å². The average Bonchev–Trinajstić information content (AvgIpc) is 2.74. The van der Waals surface area contributed by atoms with Crippen molar-refractivity contribution in [3.63, 3.8) is 0 Å². The van der Waals surface area contributed by atoms with Gasteiger partial charge < -0.3 is 34.1 Å². The summed E-state index contributed by atoms with van der Waals surface area (Å²) in [6.45, 7) is 6.56. The Kier molecular flexibility index (Phi) is 7.95. The fourth-order valence-electron chi connectivity index (χ4n) is 3.12. The first-order valence-corrected chi connectivity index (χ1v) is 9.93. The summed E-state index contributed by atoms with van der Waals surface area (Å²) in [6.07, 6.45) is -0.642. The lowest BCUT2D eigenvalue weighted by Crippen LogP contribution is -2.52. The Labute approximate surface area is 182 Å². The molecule has 0 saturated carbocycles. The Morgan fingerprint density at radius 1 is 0.903 bits per heavy atom. The van der Waals surface area contributed by atoms with E-state index in [1.807, 2.05) is 0 Å². The first-order chi connectivity index (χ1) is 14.6. The summed E-state index contributed by atoms with van der Waals surface area (Å²) in [5, 5.41) is 2.46. The molecule has 3 amide bonds. The SMILES string of the molecule is COc1cc(C(=O)N2CCN(C(=O)CNC(=O)OC(C)(C)C)CC2)cc(OC)c1OC. The second-order valence-corrected chi connectivity index (χ2v) is 7.94. The number of carbonyl (C=O) groups excluding carboxylic acids is 3. The van der Waals surface area contributed by atoms with Crippen LogP contribution in [0.25, 0.3) is 0 Å². The van der Waals surface area contributed by atoms with E-state index in [4.69, 9.17) is 18.9 Å². The Morgan fingerprint density at radius 3 is 1.87 bits per heavy atom. The second kappa shape index (κ2) is 10.2. The maximum atomic E-state index is 13.0. The van der Waals surface area contributed by atoms with Crippen LogP contribution in [0.5, 0.6) is 17.2 Å². The van der Waals surface area contributed by atoms with Gasteiger partial charge in [-0.2, -0.15) is 0 Å². The second-order valence-electron chi connectivity index (χ2n) is 7.94. The summed E-state index contributed by atoms with van der Waals surface area (Å²) in [6, 6.07) is 3.21. The number of amides is 3. The molecule has 172 valence electrons. The molecule has 10 heteroatoms. The smallest absolute Gasteiger partial charge is 0.408 e. The average molecular weight is 437 g/mol. The lowest BCUT2D eigenvalue weighted by Gasteiger charge is -2.35. The number of nitrogens with zero attached hydrogens (tertiary/aromatic N) is 2. The van der Waals surface area contributed by atoms with Crippen molar-refractivity contribution in [3.05, 3.63) is 17.7 Å². The fraction of sp³-hybridized carbons (Fsp3) is 0.571. The van der Waals surface area contributed by atoms with Crippen molar-refractivity contribution < 1.29 is 33.3 Å². The molecule has 10 nitrogen and oxygen atoms in total. The molecule has 1 aromatic rings. The van der Waals surface area contributed by atoms with Crippen molar-refractivity contribution in [2.24, 2.45) is 0 Å². The van der Waals surface area contributed by atoms with E-state index in [-0.39, 0.29) is 18.4 Å². The molecule has 31 heavy (non-hydrogen) atoms. The maximum Gasteiger partial charge on any atom is 0.408 e. The molecule has 0 bridgehead atoms. The molecule has 1 N–H and O–H groups in total. The number of alkyl carbamates (subject to hydrolysis) is 1. The van der Waals surface area contributed by atoms with Gasteiger partial charge in [-0.3, -0.25) is 9.59 Å². The van der Waals surface area contributed by atoms with Crippen LogP contribution < -0.4 is 19.5 Å². The van der Waals surface area contributed by atoms with Gasteiger partial charge in [0.25, 0.3) is 5.91 Å². The Balaban J connectivity index is 1.94. The van der Waals surface area contributed by atoms with E-state index >= 15 is 0 Å². The molecule has 0 atom stereocenters. The Hall–Kier alpha value is -3.17. The highest BCUT2D eigenvalue weighted by Crippen LogP contribution is 2.38. The maximum absolute atomic E-state index is 13.0. The summed E-state index contributed by atoms with van der Waals surface area (Å²) in [5.74, 6) is 0.776. The molecule has 2 rings (SSSR count). The summed E-state index contributed by atoms with van der Waals surface area (Å²) >= 11 is 0. The van der Waals surface area contributed by atoms with Crippen molar-refractivity contribution in [2.45, 2.75) is 26.4 Å². The molecule has 1 aliphatic rings. The van der Waals surface area contributed by atoms with E-state index in [0.29, 0.717) is 49.0 Å². The molecule has 1 saturated heterocycles. The molecule has 0 radical (unpaired) electrons. The van der Waals surface area contributed by atoms with Gasteiger partial charge in [0.2, 0.25) is 11.7 Å². The van der Waals surface area contributed by atoms with Crippen LogP contribution in [-0.2, 0) is 9.53 Å². The molecule has 1 aliphatic heterocycles. The highest BCUT2D eigenvalue weighted by atomic mass is 16.6. The van der Waals surface area contributed by atoms with Gasteiger partial charge in [0.1, 0.15) is 12.1 Å². The highest BCUT2D eigenvalue weighted by Gasteiger charge is 2.27. The van der Waals surface area contributed by atoms with E-state index in [1.165, 1.54) is 21.3 Å². The molecule has 1 fully saturated rings. The van der Waals surface area contributed by atoms with Gasteiger partial charge in [-0.25, -0.2) is 4.79 Å². The van der Waals surface area contributed by atoms with Crippen LogP contribution >= 0.6 is 0 Å². The number of carbonyl (C=O) groups is 3. The van der Waals surface area contributed by atoms with Gasteiger partial charge in [0, 0.05) is 31.7 Å². The first-order valence-electron chi connectivity index (χ1n) is 9.93. The van der Waals surface area contributed by atoms with E-state index in [0.717, 1.165) is 0 Å². The zero-order valence-electron chi connectivity index (χ0n) is 18.9. The number of hydrogen-bond acceptors (Lipinski definition) is 7. The normalized spacial score (nSPS) is 14.0. The van der Waals surface area contributed by atoms with E-state index in [9.17, 15) is 14.4 Å². The number of piperazine rings is 1. The number of benzene rings is 1. The van der Waals surface area contributed by atoms with Crippen LogP contribution in [0.2, 0.25) is 0 Å². The standard InChI is InChI=1S/C21H31N3O7/c1-21(2,3)31-20(27)22-13-17(25)23-7-9-24(10-8-23)19(26)14-11-15(28-4)18(30-6)16(12-14)29-5/h11-12H,7-10,13H2,1-6H3,(H,22,27). The predicted molar refractivity (Wildman–Crippen MR) is 113 cm³/mol. The molecule has 0 aliphatic carbocycles. The largest absolute Gasteiger partial charge is 0.493 e. The number of methoxy groups -OCH3 is 3. The zero-order valence-corrected chi connectivity index (χ0v) is 18.9. The molecular weight excluding hydrogens is 406 g/mol. The molecule has 1 aromatic carbocycles. The monoisotopic (exact) mass is 437 g/mol. The third-order valence-corrected chi connectivity index (χ3v) is 4.61. The third-order valence-electron chi connectivity index (χ3n) is 4.61. The highest BCUT2D eigenvalue weighted by molar-refractivity contribution is 5.96. The van der Waals surface area contributed by atoms with Gasteiger partial charge in [0.15, 0.2) is 11.5 Å². The number of nitrogens with one attached hydrogen (secondary N) is 1. The molecule has 1 heterocycles. The molecule has 0 unspecified atom stereocenters. The van der Waals surface area contributed by atoms with Gasteiger partial charge in [-0.15, -0.1) is 0 Å². The van der Waals surface area contributed by atoms with Crippen molar-refractivity contribution in [3.8, 4) is 17.2 Å². The van der Waals surface area contributed by atoms with E-state index < -0.39 is 11.7 Å². The lowest BCUT2D eigenvalue weighted by molar-refractivity contribution is -0.131. The fourth-order valence-corrected chi connectivity index (χ4v) is 3.12. The summed E-state index contributed by atoms with van der Waals surface area (Å²) in [5.41, 5.74) is -0.229. The number of ether oxygens (including phenoxy) is 4. The minimum Gasteiger partial charge on any atom is -0.493 e. The van der Waals surface area contributed by atoms with E-state index in [2.05, 4.69) is 5.32 Å². The van der Waals surface area contributed by atoms with Crippen molar-refractivity contribution in [2.75, 3.05) is 54.1 Å². The van der Waals surface area contributed by atoms with Crippen LogP contribution in [-0.4, -0.2) is 87.4 Å². The Bertz CT molecular complexity index is 787. The van der Waals surface area contributed by atoms with Gasteiger partial charge in [-0.1, -0.05) is 0 Å². The predicted octanol–water partition coefficient (Wildman–Crippen LogP) is 1.52. The zero-order chi connectivity index (χ0) is 23.2. The molecular formula is C21H31N3O7. The minimum absolute atomic E-state index is 0.157. The number of rotatable bonds is 6. The molecule has 0 spiro atoms. The van der Waals surface area contributed by atoms with Crippen molar-refractivity contribution >= 4 is 17.9 Å². The van der Waals surface area contributed by atoms with Crippen LogP contribution in [0, 0.1) is 0 Å². The van der Waals surface area contributed by atoms with Crippen LogP contribution in [0.1, 0.15) is 31.1 Å². The van der Waals surface area contributed by atoms with Crippen molar-refractivity contribution in [1.29, 1.82) is 0 Å². The molecule has 0 aromatic heterocycles. The van der Waals surface area contributed by atoms with Crippen LogP contribution in [0.3, 0.4) is 0 Å². The number of hydrogen-bond donors (Lipinski definition) is 1. The van der Waals surface area contributed by atoms with E-state index in [1.54, 1.807) is 42.7 Å². The minimum atomic E-state index is -0.642. The first kappa shape index (κ1) is 24.1. The summed E-state index contributed by atoms with van der Waals surface area (Å²) in [4.78, 5) is 40.3. The van der Waals surface area contributed by atoms with Gasteiger partial charge >= 0.3 is 6.09 Å². The van der Waals surface area contributed by atoms with Crippen LogP contribution in [0.15, 0.2) is 12.1 Å². The third kappa shape index (κ3) is 6.40. The summed E-state index contributed by atoms with van der Waals surface area (Å²) < 4.78 is 21.0. The Morgan fingerprint density at radius 2 is 1.42 bits per heavy atom. The topological polar surface area (TPSA) is 107 Å². The van der Waals surface area contributed by atoms with Crippen molar-refractivity contribution in [1.82, 2.24) is 15.1 Å². The van der Waals surface area contributed by atoms with Gasteiger partial charge in [0.05, 0.1) is 21.3 Å². The quantitative estimate of drug-likeness (QED) is 0.719. The van der Waals surface area contributed by atoms with Crippen LogP contribution in [0.4, 0.5) is 4.79 Å². The lowest BCUT2D eigenvalue weighted by atomic mass is 10.1. The summed E-state index contributed by atoms with van der Waals surface area (Å²) in [7, 11) is 4.47.